The van der Waals surface area contributed by atoms with Crippen LogP contribution in [0, 0.1) is 17.8 Å². The van der Waals surface area contributed by atoms with E-state index in [4.69, 9.17) is 5.11 Å². The number of Topliss-reactive ketones (excluding diaryl/α,β-unsaturated/α-hetero) is 1. The predicted octanol–water partition coefficient (Wildman–Crippen LogP) is 3.46. The minimum Gasteiger partial charge on any atom is -0.396 e. The van der Waals surface area contributed by atoms with Crippen molar-refractivity contribution in [3.05, 3.63) is 0 Å². The molecule has 27 heavy (non-hydrogen) atoms. The summed E-state index contributed by atoms with van der Waals surface area (Å²) in [4.78, 5) is 11.0. The molecule has 0 radical (unpaired) electrons. The maximum Gasteiger partial charge on any atom is 0.158 e. The van der Waals surface area contributed by atoms with Crippen molar-refractivity contribution in [1.82, 2.24) is 0 Å². The number of unbranched alkanes of at least 4 members (excludes halogenated alkanes) is 4. The Balaban J connectivity index is 3.85. The SMILES string of the molecule is CCCC(CO)CCC(CO)CCC(CO)CCCCCCCC(=O)CO. The molecule has 0 rings (SSSR count). The normalized spacial score (nSPS) is 14.9. The summed E-state index contributed by atoms with van der Waals surface area (Å²) in [5, 5.41) is 37.3. The van der Waals surface area contributed by atoms with Crippen molar-refractivity contribution in [2.24, 2.45) is 17.8 Å². The van der Waals surface area contributed by atoms with Crippen molar-refractivity contribution in [2.75, 3.05) is 26.4 Å². The van der Waals surface area contributed by atoms with Gasteiger partial charge in [-0.2, -0.15) is 0 Å². The highest BCUT2D eigenvalue weighted by atomic mass is 16.3. The first-order valence-electron chi connectivity index (χ1n) is 11.1. The Morgan fingerprint density at radius 1 is 0.630 bits per heavy atom. The summed E-state index contributed by atoms with van der Waals surface area (Å²) in [6.45, 7) is 2.42. The lowest BCUT2D eigenvalue weighted by molar-refractivity contribution is -0.121. The molecule has 0 saturated carbocycles. The van der Waals surface area contributed by atoms with Crippen LogP contribution in [-0.4, -0.2) is 52.6 Å². The van der Waals surface area contributed by atoms with Gasteiger partial charge in [0.25, 0.3) is 0 Å². The number of rotatable bonds is 20. The van der Waals surface area contributed by atoms with Crippen LogP contribution in [0.15, 0.2) is 0 Å². The molecule has 0 saturated heterocycles. The van der Waals surface area contributed by atoms with E-state index in [2.05, 4.69) is 6.92 Å². The number of ketones is 1. The Hall–Kier alpha value is -0.490. The Labute approximate surface area is 166 Å². The van der Waals surface area contributed by atoms with Gasteiger partial charge in [-0.15, -0.1) is 0 Å². The summed E-state index contributed by atoms with van der Waals surface area (Å²) >= 11 is 0. The van der Waals surface area contributed by atoms with Crippen LogP contribution in [0.3, 0.4) is 0 Å². The molecule has 0 bridgehead atoms. The standard InChI is InChI=1S/C22H44O5/c1-2-8-19(15-23)11-13-21(17-25)14-12-20(16-24)9-6-4-3-5-7-10-22(27)18-26/h19-21,23-26H,2-18H2,1H3. The molecule has 5 heteroatoms. The molecule has 162 valence electrons. The Morgan fingerprint density at radius 3 is 1.56 bits per heavy atom. The highest BCUT2D eigenvalue weighted by molar-refractivity contribution is 5.79. The second-order valence-corrected chi connectivity index (χ2v) is 8.09. The summed E-state index contributed by atoms with van der Waals surface area (Å²) in [5.41, 5.74) is 0. The van der Waals surface area contributed by atoms with Gasteiger partial charge in [0.2, 0.25) is 0 Å². The predicted molar refractivity (Wildman–Crippen MR) is 110 cm³/mol. The van der Waals surface area contributed by atoms with Crippen molar-refractivity contribution in [3.8, 4) is 0 Å². The fraction of sp³-hybridized carbons (Fsp3) is 0.955. The second kappa shape index (κ2) is 18.9. The van der Waals surface area contributed by atoms with E-state index in [0.717, 1.165) is 77.0 Å². The molecule has 3 unspecified atom stereocenters. The van der Waals surface area contributed by atoms with Gasteiger partial charge in [-0.05, 0) is 62.7 Å². The zero-order valence-corrected chi connectivity index (χ0v) is 17.4. The van der Waals surface area contributed by atoms with E-state index in [1.54, 1.807) is 0 Å². The molecule has 0 aliphatic rings. The van der Waals surface area contributed by atoms with Crippen molar-refractivity contribution >= 4 is 5.78 Å². The molecule has 0 heterocycles. The van der Waals surface area contributed by atoms with Gasteiger partial charge in [0.15, 0.2) is 5.78 Å². The van der Waals surface area contributed by atoms with Crippen molar-refractivity contribution in [2.45, 2.75) is 90.4 Å². The van der Waals surface area contributed by atoms with E-state index in [9.17, 15) is 20.1 Å². The van der Waals surface area contributed by atoms with Crippen LogP contribution >= 0.6 is 0 Å². The molecular weight excluding hydrogens is 344 g/mol. The van der Waals surface area contributed by atoms with Gasteiger partial charge in [-0.3, -0.25) is 4.79 Å². The topological polar surface area (TPSA) is 98.0 Å². The zero-order valence-electron chi connectivity index (χ0n) is 17.4. The number of hydrogen-bond donors (Lipinski definition) is 4. The van der Waals surface area contributed by atoms with E-state index >= 15 is 0 Å². The Kier molecular flexibility index (Phi) is 18.5. The minimum absolute atomic E-state index is 0.0752. The molecule has 0 aliphatic heterocycles. The van der Waals surface area contributed by atoms with Gasteiger partial charge in [0.05, 0.1) is 0 Å². The Bertz CT molecular complexity index is 335. The first-order chi connectivity index (χ1) is 13.1. The average Bonchev–Trinajstić information content (AvgIpc) is 2.69. The summed E-state index contributed by atoms with van der Waals surface area (Å²) < 4.78 is 0. The van der Waals surface area contributed by atoms with Crippen LogP contribution in [0.25, 0.3) is 0 Å². The third kappa shape index (κ3) is 15.1. The molecule has 0 aromatic carbocycles. The second-order valence-electron chi connectivity index (χ2n) is 8.09. The van der Waals surface area contributed by atoms with Crippen molar-refractivity contribution in [3.63, 3.8) is 0 Å². The lowest BCUT2D eigenvalue weighted by Gasteiger charge is -2.21. The monoisotopic (exact) mass is 388 g/mol. The summed E-state index contributed by atoms with van der Waals surface area (Å²) in [6, 6.07) is 0. The molecule has 0 aromatic heterocycles. The van der Waals surface area contributed by atoms with E-state index in [-0.39, 0.29) is 38.1 Å². The third-order valence-corrected chi connectivity index (χ3v) is 5.68. The number of aliphatic hydroxyl groups is 4. The first kappa shape index (κ1) is 26.5. The molecule has 0 amide bonds. The van der Waals surface area contributed by atoms with Crippen LogP contribution < -0.4 is 0 Å². The summed E-state index contributed by atoms with van der Waals surface area (Å²) in [6.07, 6.45) is 12.6. The van der Waals surface area contributed by atoms with E-state index in [0.29, 0.717) is 18.3 Å². The largest absolute Gasteiger partial charge is 0.396 e. The molecule has 0 fully saturated rings. The van der Waals surface area contributed by atoms with Gasteiger partial charge < -0.3 is 20.4 Å². The highest BCUT2D eigenvalue weighted by Gasteiger charge is 2.15. The summed E-state index contributed by atoms with van der Waals surface area (Å²) in [7, 11) is 0. The van der Waals surface area contributed by atoms with E-state index < -0.39 is 0 Å². The first-order valence-corrected chi connectivity index (χ1v) is 11.1. The molecular formula is C22H44O5. The van der Waals surface area contributed by atoms with Gasteiger partial charge >= 0.3 is 0 Å². The van der Waals surface area contributed by atoms with Crippen molar-refractivity contribution in [1.29, 1.82) is 0 Å². The maximum atomic E-state index is 11.0. The molecule has 4 N–H and O–H groups in total. The van der Waals surface area contributed by atoms with Crippen LogP contribution in [-0.2, 0) is 4.79 Å². The van der Waals surface area contributed by atoms with E-state index in [1.807, 2.05) is 0 Å². The fourth-order valence-electron chi connectivity index (χ4n) is 3.70. The lowest BCUT2D eigenvalue weighted by atomic mass is 9.87. The summed E-state index contributed by atoms with van der Waals surface area (Å²) in [5.74, 6) is 0.854. The van der Waals surface area contributed by atoms with Gasteiger partial charge in [0, 0.05) is 26.2 Å². The maximum absolute atomic E-state index is 11.0. The van der Waals surface area contributed by atoms with Gasteiger partial charge in [-0.1, -0.05) is 39.0 Å². The third-order valence-electron chi connectivity index (χ3n) is 5.68. The fourth-order valence-corrected chi connectivity index (χ4v) is 3.70. The number of carbonyl (C=O) groups is 1. The average molecular weight is 389 g/mol. The molecule has 3 atom stereocenters. The highest BCUT2D eigenvalue weighted by Crippen LogP contribution is 2.24. The number of carbonyl (C=O) groups excluding carboxylic acids is 1. The van der Waals surface area contributed by atoms with Crippen LogP contribution in [0.5, 0.6) is 0 Å². The molecule has 0 aliphatic carbocycles. The van der Waals surface area contributed by atoms with Crippen LogP contribution in [0.4, 0.5) is 0 Å². The molecule has 0 aromatic rings. The minimum atomic E-state index is -0.341. The van der Waals surface area contributed by atoms with Crippen LogP contribution in [0.2, 0.25) is 0 Å². The zero-order chi connectivity index (χ0) is 20.3. The van der Waals surface area contributed by atoms with Gasteiger partial charge in [-0.25, -0.2) is 0 Å². The quantitative estimate of drug-likeness (QED) is 0.239. The van der Waals surface area contributed by atoms with Crippen molar-refractivity contribution < 1.29 is 25.2 Å². The van der Waals surface area contributed by atoms with Gasteiger partial charge in [0.1, 0.15) is 6.61 Å². The number of hydrogen-bond acceptors (Lipinski definition) is 5. The smallest absolute Gasteiger partial charge is 0.158 e. The molecule has 5 nitrogen and oxygen atoms in total. The molecule has 0 spiro atoms. The Morgan fingerprint density at radius 2 is 1.07 bits per heavy atom. The van der Waals surface area contributed by atoms with Crippen LogP contribution in [0.1, 0.15) is 90.4 Å². The lowest BCUT2D eigenvalue weighted by Crippen LogP contribution is -2.14. The van der Waals surface area contributed by atoms with E-state index in [1.165, 1.54) is 0 Å². The number of aliphatic hydroxyl groups excluding tert-OH is 4.